The zero-order valence-corrected chi connectivity index (χ0v) is 13.9. The Hall–Kier alpha value is -3.06. The number of hydrogen-bond acceptors (Lipinski definition) is 1. The molecule has 0 aromatic heterocycles. The Bertz CT molecular complexity index is 847. The molecule has 0 aliphatic rings. The van der Waals surface area contributed by atoms with Gasteiger partial charge in [-0.05, 0) is 35.7 Å². The lowest BCUT2D eigenvalue weighted by molar-refractivity contribution is 1.25. The smallest absolute Gasteiger partial charge is 0.0527 e. The van der Waals surface area contributed by atoms with Gasteiger partial charge in [-0.2, -0.15) is 0 Å². The van der Waals surface area contributed by atoms with Gasteiger partial charge in [-0.1, -0.05) is 85.5 Å². The molecule has 0 heterocycles. The van der Waals surface area contributed by atoms with Crippen LogP contribution < -0.4 is 4.90 Å². The van der Waals surface area contributed by atoms with E-state index < -0.39 is 0 Å². The SMILES string of the molecule is C=CN(c1ccccc1C)c1ccccc1C=Cc1ccccc1. The minimum absolute atomic E-state index is 1.12. The van der Waals surface area contributed by atoms with Crippen LogP contribution in [0.15, 0.2) is 91.6 Å². The predicted octanol–water partition coefficient (Wildman–Crippen LogP) is 6.45. The molecule has 0 spiro atoms. The van der Waals surface area contributed by atoms with Crippen molar-refractivity contribution in [1.29, 1.82) is 0 Å². The van der Waals surface area contributed by atoms with Crippen LogP contribution in [0.5, 0.6) is 0 Å². The highest BCUT2D eigenvalue weighted by Crippen LogP contribution is 2.32. The molecule has 0 unspecified atom stereocenters. The van der Waals surface area contributed by atoms with Crippen molar-refractivity contribution in [3.63, 3.8) is 0 Å². The first-order valence-electron chi connectivity index (χ1n) is 8.09. The fourth-order valence-electron chi connectivity index (χ4n) is 2.76. The largest absolute Gasteiger partial charge is 0.317 e. The Morgan fingerprint density at radius 2 is 1.33 bits per heavy atom. The van der Waals surface area contributed by atoms with Crippen molar-refractivity contribution in [1.82, 2.24) is 0 Å². The maximum absolute atomic E-state index is 4.02. The highest BCUT2D eigenvalue weighted by atomic mass is 15.1. The topological polar surface area (TPSA) is 3.24 Å². The van der Waals surface area contributed by atoms with Gasteiger partial charge in [0.1, 0.15) is 0 Å². The molecular weight excluding hydrogens is 290 g/mol. The maximum atomic E-state index is 4.02. The average molecular weight is 311 g/mol. The molecule has 0 radical (unpaired) electrons. The van der Waals surface area contributed by atoms with E-state index in [4.69, 9.17) is 0 Å². The fourth-order valence-corrected chi connectivity index (χ4v) is 2.76. The van der Waals surface area contributed by atoms with E-state index in [2.05, 4.69) is 103 Å². The molecule has 0 saturated carbocycles. The van der Waals surface area contributed by atoms with Crippen LogP contribution in [-0.2, 0) is 0 Å². The molecule has 1 heteroatoms. The Labute approximate surface area is 144 Å². The predicted molar refractivity (Wildman–Crippen MR) is 105 cm³/mol. The number of aryl methyl sites for hydroxylation is 1. The van der Waals surface area contributed by atoms with E-state index in [-0.39, 0.29) is 0 Å². The number of hydrogen-bond donors (Lipinski definition) is 0. The van der Waals surface area contributed by atoms with E-state index in [1.54, 1.807) is 0 Å². The molecule has 3 aromatic carbocycles. The minimum Gasteiger partial charge on any atom is -0.317 e. The molecule has 3 rings (SSSR count). The van der Waals surface area contributed by atoms with Crippen molar-refractivity contribution < 1.29 is 0 Å². The molecule has 24 heavy (non-hydrogen) atoms. The first-order chi connectivity index (χ1) is 11.8. The molecule has 0 atom stereocenters. The van der Waals surface area contributed by atoms with Crippen LogP contribution >= 0.6 is 0 Å². The van der Waals surface area contributed by atoms with Gasteiger partial charge in [0, 0.05) is 11.9 Å². The van der Waals surface area contributed by atoms with Crippen LogP contribution in [0, 0.1) is 6.92 Å². The van der Waals surface area contributed by atoms with E-state index in [1.807, 2.05) is 12.3 Å². The van der Waals surface area contributed by atoms with E-state index in [9.17, 15) is 0 Å². The van der Waals surface area contributed by atoms with Gasteiger partial charge >= 0.3 is 0 Å². The highest BCUT2D eigenvalue weighted by molar-refractivity contribution is 5.81. The first kappa shape index (κ1) is 15.8. The van der Waals surface area contributed by atoms with Crippen molar-refractivity contribution in [3.8, 4) is 0 Å². The lowest BCUT2D eigenvalue weighted by atomic mass is 10.1. The van der Waals surface area contributed by atoms with Crippen LogP contribution in [0.25, 0.3) is 12.2 Å². The zero-order chi connectivity index (χ0) is 16.8. The molecule has 118 valence electrons. The third-order valence-electron chi connectivity index (χ3n) is 4.01. The molecule has 3 aromatic rings. The standard InChI is InChI=1S/C23H21N/c1-3-24(22-15-9-7-11-19(22)2)23-16-10-8-14-21(23)18-17-20-12-5-4-6-13-20/h3-18H,1H2,2H3. The number of anilines is 2. The van der Waals surface area contributed by atoms with Crippen LogP contribution in [0.1, 0.15) is 16.7 Å². The van der Waals surface area contributed by atoms with E-state index >= 15 is 0 Å². The summed E-state index contributed by atoms with van der Waals surface area (Å²) in [5, 5.41) is 0. The second kappa shape index (κ2) is 7.47. The Morgan fingerprint density at radius 1 is 0.708 bits per heavy atom. The maximum Gasteiger partial charge on any atom is 0.0527 e. The number of rotatable bonds is 5. The first-order valence-corrected chi connectivity index (χ1v) is 8.09. The van der Waals surface area contributed by atoms with Gasteiger partial charge in [0.05, 0.1) is 5.69 Å². The van der Waals surface area contributed by atoms with Crippen molar-refractivity contribution in [3.05, 3.63) is 108 Å². The summed E-state index contributed by atoms with van der Waals surface area (Å²) >= 11 is 0. The molecule has 0 amide bonds. The summed E-state index contributed by atoms with van der Waals surface area (Å²) in [4.78, 5) is 2.14. The summed E-state index contributed by atoms with van der Waals surface area (Å²) < 4.78 is 0. The molecular formula is C23H21N. The van der Waals surface area contributed by atoms with E-state index in [0.717, 1.165) is 16.9 Å². The van der Waals surface area contributed by atoms with Gasteiger partial charge in [0.15, 0.2) is 0 Å². The van der Waals surface area contributed by atoms with Gasteiger partial charge in [-0.3, -0.25) is 0 Å². The summed E-state index contributed by atoms with van der Waals surface area (Å²) in [7, 11) is 0. The second-order valence-corrected chi connectivity index (χ2v) is 5.64. The fraction of sp³-hybridized carbons (Fsp3) is 0.0435. The highest BCUT2D eigenvalue weighted by Gasteiger charge is 2.10. The van der Waals surface area contributed by atoms with Crippen LogP contribution in [0.2, 0.25) is 0 Å². The van der Waals surface area contributed by atoms with Crippen molar-refractivity contribution >= 4 is 23.5 Å². The van der Waals surface area contributed by atoms with Gasteiger partial charge in [0.25, 0.3) is 0 Å². The van der Waals surface area contributed by atoms with Gasteiger partial charge < -0.3 is 4.90 Å². The van der Waals surface area contributed by atoms with Gasteiger partial charge in [-0.15, -0.1) is 0 Å². The van der Waals surface area contributed by atoms with Crippen LogP contribution in [0.3, 0.4) is 0 Å². The summed E-state index contributed by atoms with van der Waals surface area (Å²) in [6.45, 7) is 6.14. The summed E-state index contributed by atoms with van der Waals surface area (Å²) in [6, 6.07) is 27.1. The molecule has 0 aliphatic heterocycles. The molecule has 0 aliphatic carbocycles. The lowest BCUT2D eigenvalue weighted by Gasteiger charge is -2.24. The van der Waals surface area contributed by atoms with Crippen LogP contribution in [-0.4, -0.2) is 0 Å². The van der Waals surface area contributed by atoms with Crippen molar-refractivity contribution in [2.75, 3.05) is 4.90 Å². The Kier molecular flexibility index (Phi) is 4.93. The van der Waals surface area contributed by atoms with E-state index in [0.29, 0.717) is 0 Å². The quantitative estimate of drug-likeness (QED) is 0.490. The minimum atomic E-state index is 1.12. The third-order valence-corrected chi connectivity index (χ3v) is 4.01. The molecule has 0 N–H and O–H groups in total. The Morgan fingerprint density at radius 3 is 2.04 bits per heavy atom. The monoisotopic (exact) mass is 311 g/mol. The normalized spacial score (nSPS) is 10.7. The molecule has 0 fully saturated rings. The van der Waals surface area contributed by atoms with Gasteiger partial charge in [-0.25, -0.2) is 0 Å². The number of benzene rings is 3. The van der Waals surface area contributed by atoms with E-state index in [1.165, 1.54) is 11.1 Å². The second-order valence-electron chi connectivity index (χ2n) is 5.64. The molecule has 1 nitrogen and oxygen atoms in total. The molecule has 0 saturated heterocycles. The summed E-state index contributed by atoms with van der Waals surface area (Å²) in [5.74, 6) is 0. The lowest BCUT2D eigenvalue weighted by Crippen LogP contribution is -2.10. The van der Waals surface area contributed by atoms with Crippen molar-refractivity contribution in [2.24, 2.45) is 0 Å². The molecule has 0 bridgehead atoms. The number of para-hydroxylation sites is 2. The van der Waals surface area contributed by atoms with Gasteiger partial charge in [0.2, 0.25) is 0 Å². The summed E-state index contributed by atoms with van der Waals surface area (Å²) in [6.07, 6.45) is 6.16. The third kappa shape index (κ3) is 3.47. The summed E-state index contributed by atoms with van der Waals surface area (Å²) in [5.41, 5.74) is 5.83. The zero-order valence-electron chi connectivity index (χ0n) is 13.9. The average Bonchev–Trinajstić information content (AvgIpc) is 2.64. The van der Waals surface area contributed by atoms with Crippen molar-refractivity contribution in [2.45, 2.75) is 6.92 Å². The Balaban J connectivity index is 2.01. The number of nitrogens with zero attached hydrogens (tertiary/aromatic N) is 1. The van der Waals surface area contributed by atoms with Crippen LogP contribution in [0.4, 0.5) is 11.4 Å².